The molecule has 0 aliphatic heterocycles. The maximum Gasteiger partial charge on any atom is 0.119 e. The van der Waals surface area contributed by atoms with Crippen molar-refractivity contribution >= 4 is 22.7 Å². The Bertz CT molecular complexity index is 626. The lowest BCUT2D eigenvalue weighted by Gasteiger charge is -2.09. The topological polar surface area (TPSA) is 9.23 Å². The monoisotopic (exact) mass is 328 g/mol. The lowest BCUT2D eigenvalue weighted by Crippen LogP contribution is -1.97. The zero-order valence-electron chi connectivity index (χ0n) is 14.2. The zero-order chi connectivity index (χ0) is 16.7. The van der Waals surface area contributed by atoms with E-state index in [1.54, 1.807) is 0 Å². The van der Waals surface area contributed by atoms with Crippen molar-refractivity contribution < 1.29 is 4.74 Å². The molecule has 0 saturated heterocycles. The minimum absolute atomic E-state index is 0.680. The first-order valence-corrected chi connectivity index (χ1v) is 8.69. The van der Waals surface area contributed by atoms with Crippen LogP contribution in [0.25, 0.3) is 11.1 Å². The van der Waals surface area contributed by atoms with Gasteiger partial charge in [0, 0.05) is 5.03 Å². The van der Waals surface area contributed by atoms with Crippen LogP contribution in [-0.2, 0) is 6.42 Å². The minimum Gasteiger partial charge on any atom is -0.494 e. The van der Waals surface area contributed by atoms with Gasteiger partial charge < -0.3 is 4.74 Å². The summed E-state index contributed by atoms with van der Waals surface area (Å²) in [6.07, 6.45) is 4.32. The van der Waals surface area contributed by atoms with Crippen LogP contribution in [0.3, 0.4) is 0 Å². The summed E-state index contributed by atoms with van der Waals surface area (Å²) in [6, 6.07) is 16.5. The van der Waals surface area contributed by atoms with Crippen LogP contribution in [0, 0.1) is 5.92 Å². The van der Waals surface area contributed by atoms with Gasteiger partial charge in [0.15, 0.2) is 0 Å². The molecule has 1 nitrogen and oxygen atoms in total. The molecule has 122 valence electrons. The van der Waals surface area contributed by atoms with Crippen LogP contribution in [0.15, 0.2) is 48.5 Å². The summed E-state index contributed by atoms with van der Waals surface area (Å²) in [6.45, 7) is 7.18. The van der Waals surface area contributed by atoms with E-state index in [4.69, 9.17) is 16.3 Å². The first kappa shape index (κ1) is 17.6. The molecule has 0 amide bonds. The third-order valence-electron chi connectivity index (χ3n) is 4.00. The third-order valence-corrected chi connectivity index (χ3v) is 4.32. The molecule has 2 rings (SSSR count). The summed E-state index contributed by atoms with van der Waals surface area (Å²) in [5.41, 5.74) is 3.49. The summed E-state index contributed by atoms with van der Waals surface area (Å²) in [5.74, 6) is 1.60. The van der Waals surface area contributed by atoms with Gasteiger partial charge in [-0.1, -0.05) is 68.3 Å². The van der Waals surface area contributed by atoms with Crippen molar-refractivity contribution in [1.29, 1.82) is 0 Å². The quantitative estimate of drug-likeness (QED) is 0.533. The Morgan fingerprint density at radius 1 is 1.04 bits per heavy atom. The number of hydrogen-bond acceptors (Lipinski definition) is 1. The number of rotatable bonds is 7. The van der Waals surface area contributed by atoms with Crippen molar-refractivity contribution in [2.45, 2.75) is 33.6 Å². The van der Waals surface area contributed by atoms with Crippen LogP contribution in [0.5, 0.6) is 5.75 Å². The van der Waals surface area contributed by atoms with Gasteiger partial charge in [-0.15, -0.1) is 0 Å². The normalized spacial score (nSPS) is 13.0. The molecule has 0 fully saturated rings. The van der Waals surface area contributed by atoms with Crippen LogP contribution < -0.4 is 4.74 Å². The van der Waals surface area contributed by atoms with E-state index in [0.29, 0.717) is 6.61 Å². The van der Waals surface area contributed by atoms with E-state index in [9.17, 15) is 0 Å². The number of ether oxygens (including phenoxy) is 1. The fourth-order valence-electron chi connectivity index (χ4n) is 2.40. The van der Waals surface area contributed by atoms with E-state index in [1.165, 1.54) is 12.0 Å². The number of benzene rings is 2. The van der Waals surface area contributed by atoms with Gasteiger partial charge in [-0.3, -0.25) is 0 Å². The fourth-order valence-corrected chi connectivity index (χ4v) is 2.66. The van der Waals surface area contributed by atoms with Crippen molar-refractivity contribution in [3.63, 3.8) is 0 Å². The maximum atomic E-state index is 6.46. The van der Waals surface area contributed by atoms with Gasteiger partial charge in [-0.25, -0.2) is 0 Å². The largest absolute Gasteiger partial charge is 0.494 e. The smallest absolute Gasteiger partial charge is 0.119 e. The van der Waals surface area contributed by atoms with Gasteiger partial charge in [0.25, 0.3) is 0 Å². The molecule has 0 heterocycles. The molecule has 2 aromatic rings. The van der Waals surface area contributed by atoms with Crippen LogP contribution in [0.1, 0.15) is 43.9 Å². The Morgan fingerprint density at radius 2 is 1.70 bits per heavy atom. The molecular formula is C21H25ClO. The molecule has 2 heteroatoms. The Morgan fingerprint density at radius 3 is 2.26 bits per heavy atom. The molecule has 0 N–H and O–H groups in total. The van der Waals surface area contributed by atoms with Crippen molar-refractivity contribution in [3.05, 3.63) is 65.2 Å². The first-order valence-electron chi connectivity index (χ1n) is 8.31. The summed E-state index contributed by atoms with van der Waals surface area (Å²) in [4.78, 5) is 0. The van der Waals surface area contributed by atoms with Crippen LogP contribution in [-0.4, -0.2) is 6.61 Å². The molecule has 0 aliphatic rings. The molecule has 1 unspecified atom stereocenters. The summed E-state index contributed by atoms with van der Waals surface area (Å²) >= 11 is 6.46. The van der Waals surface area contributed by atoms with Crippen LogP contribution >= 0.6 is 11.6 Å². The summed E-state index contributed by atoms with van der Waals surface area (Å²) in [7, 11) is 0. The Kier molecular flexibility index (Phi) is 6.73. The van der Waals surface area contributed by atoms with E-state index in [2.05, 4.69) is 38.1 Å². The summed E-state index contributed by atoms with van der Waals surface area (Å²) in [5, 5.41) is 0.754. The van der Waals surface area contributed by atoms with Crippen molar-refractivity contribution in [2.75, 3.05) is 6.61 Å². The fraction of sp³-hybridized carbons (Fsp3) is 0.333. The Balaban J connectivity index is 2.08. The van der Waals surface area contributed by atoms with E-state index in [1.807, 2.05) is 37.3 Å². The standard InChI is InChI=1S/C21H25ClO/c1-4-16(3)14-17-6-10-19(11-7-17)21(22)15-18-8-12-20(13-9-18)23-5-2/h6-13,15-16H,4-5,14H2,1-3H3/b21-15-. The van der Waals surface area contributed by atoms with E-state index < -0.39 is 0 Å². The maximum absolute atomic E-state index is 6.46. The van der Waals surface area contributed by atoms with Crippen LogP contribution in [0.2, 0.25) is 0 Å². The van der Waals surface area contributed by atoms with Gasteiger partial charge in [0.2, 0.25) is 0 Å². The summed E-state index contributed by atoms with van der Waals surface area (Å²) < 4.78 is 5.45. The average Bonchev–Trinajstić information content (AvgIpc) is 2.57. The van der Waals surface area contributed by atoms with Gasteiger partial charge in [-0.05, 0) is 54.2 Å². The van der Waals surface area contributed by atoms with Gasteiger partial charge in [0.1, 0.15) is 5.75 Å². The number of halogens is 1. The lowest BCUT2D eigenvalue weighted by atomic mass is 9.98. The highest BCUT2D eigenvalue weighted by Crippen LogP contribution is 2.24. The highest BCUT2D eigenvalue weighted by molar-refractivity contribution is 6.51. The molecule has 0 bridgehead atoms. The second kappa shape index (κ2) is 8.79. The van der Waals surface area contributed by atoms with Gasteiger partial charge in [-0.2, -0.15) is 0 Å². The molecule has 0 saturated carbocycles. The Hall–Kier alpha value is -1.73. The molecular weight excluding hydrogens is 304 g/mol. The predicted octanol–water partition coefficient (Wildman–Crippen LogP) is 6.41. The van der Waals surface area contributed by atoms with E-state index >= 15 is 0 Å². The zero-order valence-corrected chi connectivity index (χ0v) is 14.9. The molecule has 1 atom stereocenters. The molecule has 0 aromatic heterocycles. The SMILES string of the molecule is CCOc1ccc(/C=C(\Cl)c2ccc(CC(C)CC)cc2)cc1. The third kappa shape index (κ3) is 5.44. The van der Waals surface area contributed by atoms with Crippen molar-refractivity contribution in [1.82, 2.24) is 0 Å². The van der Waals surface area contributed by atoms with E-state index in [0.717, 1.165) is 34.2 Å². The van der Waals surface area contributed by atoms with Gasteiger partial charge >= 0.3 is 0 Å². The Labute approximate surface area is 145 Å². The van der Waals surface area contributed by atoms with E-state index in [-0.39, 0.29) is 0 Å². The van der Waals surface area contributed by atoms with Crippen molar-refractivity contribution in [3.8, 4) is 5.75 Å². The second-order valence-corrected chi connectivity index (χ2v) is 6.32. The van der Waals surface area contributed by atoms with Crippen LogP contribution in [0.4, 0.5) is 0 Å². The van der Waals surface area contributed by atoms with Gasteiger partial charge in [0.05, 0.1) is 6.61 Å². The molecule has 0 aliphatic carbocycles. The number of hydrogen-bond donors (Lipinski definition) is 0. The highest BCUT2D eigenvalue weighted by Gasteiger charge is 2.03. The molecule has 23 heavy (non-hydrogen) atoms. The first-order chi connectivity index (χ1) is 11.1. The second-order valence-electron chi connectivity index (χ2n) is 5.91. The highest BCUT2D eigenvalue weighted by atomic mass is 35.5. The predicted molar refractivity (Wildman–Crippen MR) is 101 cm³/mol. The molecule has 0 radical (unpaired) electrons. The minimum atomic E-state index is 0.680. The molecule has 0 spiro atoms. The van der Waals surface area contributed by atoms with Crippen molar-refractivity contribution in [2.24, 2.45) is 5.92 Å². The lowest BCUT2D eigenvalue weighted by molar-refractivity contribution is 0.340. The average molecular weight is 329 g/mol. The molecule has 2 aromatic carbocycles.